The third-order valence-corrected chi connectivity index (χ3v) is 3.18. The maximum Gasteiger partial charge on any atom is 0.0678 e. The van der Waals surface area contributed by atoms with Gasteiger partial charge in [-0.1, -0.05) is 20.8 Å². The Hall–Kier alpha value is -0.120. The molecule has 2 atom stereocenters. The number of hydrogen-bond donors (Lipinski definition) is 1. The maximum absolute atomic E-state index is 5.77. The van der Waals surface area contributed by atoms with Gasteiger partial charge in [-0.25, -0.2) is 0 Å². The zero-order chi connectivity index (χ0) is 12.9. The van der Waals surface area contributed by atoms with Crippen LogP contribution in [0.2, 0.25) is 0 Å². The molecule has 0 bridgehead atoms. The van der Waals surface area contributed by atoms with Gasteiger partial charge in [0.25, 0.3) is 0 Å². The van der Waals surface area contributed by atoms with Crippen molar-refractivity contribution in [1.82, 2.24) is 10.2 Å². The van der Waals surface area contributed by atoms with Crippen LogP contribution in [0.25, 0.3) is 0 Å². The van der Waals surface area contributed by atoms with Crippen molar-refractivity contribution in [3.8, 4) is 0 Å². The van der Waals surface area contributed by atoms with E-state index in [1.165, 1.54) is 6.42 Å². The van der Waals surface area contributed by atoms with Crippen LogP contribution in [0.4, 0.5) is 0 Å². The summed E-state index contributed by atoms with van der Waals surface area (Å²) in [7, 11) is 0. The molecule has 0 saturated carbocycles. The Kier molecular flexibility index (Phi) is 5.90. The van der Waals surface area contributed by atoms with Crippen LogP contribution in [0.15, 0.2) is 0 Å². The molecule has 0 aromatic rings. The smallest absolute Gasteiger partial charge is 0.0678 e. The Morgan fingerprint density at radius 2 is 1.82 bits per heavy atom. The van der Waals surface area contributed by atoms with Gasteiger partial charge in [-0.15, -0.1) is 0 Å². The average Bonchev–Trinajstić information content (AvgIpc) is 2.14. The van der Waals surface area contributed by atoms with Crippen LogP contribution >= 0.6 is 0 Å². The normalized spacial score (nSPS) is 27.4. The minimum absolute atomic E-state index is 0.339. The van der Waals surface area contributed by atoms with Crippen molar-refractivity contribution in [2.75, 3.05) is 32.7 Å². The van der Waals surface area contributed by atoms with E-state index in [-0.39, 0.29) is 0 Å². The summed E-state index contributed by atoms with van der Waals surface area (Å²) in [4.78, 5) is 2.55. The fraction of sp³-hybridized carbons (Fsp3) is 1.00. The molecule has 3 nitrogen and oxygen atoms in total. The third kappa shape index (κ3) is 5.84. The van der Waals surface area contributed by atoms with Crippen LogP contribution in [0.3, 0.4) is 0 Å². The fourth-order valence-electron chi connectivity index (χ4n) is 2.68. The van der Waals surface area contributed by atoms with E-state index >= 15 is 0 Å². The van der Waals surface area contributed by atoms with Crippen molar-refractivity contribution < 1.29 is 4.74 Å². The molecule has 0 aliphatic carbocycles. The first kappa shape index (κ1) is 14.9. The average molecular weight is 242 g/mol. The van der Waals surface area contributed by atoms with Crippen molar-refractivity contribution in [2.24, 2.45) is 5.41 Å². The molecule has 17 heavy (non-hydrogen) atoms. The first-order valence-corrected chi connectivity index (χ1v) is 7.01. The van der Waals surface area contributed by atoms with Gasteiger partial charge in [-0.05, 0) is 32.2 Å². The molecule has 1 aliphatic rings. The third-order valence-electron chi connectivity index (χ3n) is 3.18. The monoisotopic (exact) mass is 242 g/mol. The molecule has 1 rings (SSSR count). The van der Waals surface area contributed by atoms with Gasteiger partial charge in [-0.3, -0.25) is 4.90 Å². The minimum Gasteiger partial charge on any atom is -0.373 e. The lowest BCUT2D eigenvalue weighted by molar-refractivity contribution is -0.0755. The zero-order valence-electron chi connectivity index (χ0n) is 12.3. The van der Waals surface area contributed by atoms with Gasteiger partial charge in [0, 0.05) is 26.2 Å². The van der Waals surface area contributed by atoms with Crippen molar-refractivity contribution >= 4 is 0 Å². The highest BCUT2D eigenvalue weighted by molar-refractivity contribution is 4.81. The molecule has 102 valence electrons. The number of morpholine rings is 1. The van der Waals surface area contributed by atoms with Crippen molar-refractivity contribution in [1.29, 1.82) is 0 Å². The molecule has 0 spiro atoms. The standard InChI is InChI=1S/C14H30N2O/c1-6-7-15-10-14(4,5)11-16-8-12(2)17-13(3)9-16/h12-13,15H,6-11H2,1-5H3. The van der Waals surface area contributed by atoms with E-state index < -0.39 is 0 Å². The Morgan fingerprint density at radius 1 is 1.24 bits per heavy atom. The summed E-state index contributed by atoms with van der Waals surface area (Å²) in [6.07, 6.45) is 1.96. The lowest BCUT2D eigenvalue weighted by atomic mass is 9.92. The highest BCUT2D eigenvalue weighted by Crippen LogP contribution is 2.19. The molecule has 0 aromatic heterocycles. The van der Waals surface area contributed by atoms with Crippen molar-refractivity contribution in [3.63, 3.8) is 0 Å². The largest absolute Gasteiger partial charge is 0.373 e. The molecule has 3 heteroatoms. The lowest BCUT2D eigenvalue weighted by Gasteiger charge is -2.39. The molecule has 2 unspecified atom stereocenters. The van der Waals surface area contributed by atoms with Crippen LogP contribution in [0.5, 0.6) is 0 Å². The van der Waals surface area contributed by atoms with Crippen molar-refractivity contribution in [3.05, 3.63) is 0 Å². The number of nitrogens with zero attached hydrogens (tertiary/aromatic N) is 1. The molecular formula is C14H30N2O. The fourth-order valence-corrected chi connectivity index (χ4v) is 2.68. The number of nitrogens with one attached hydrogen (secondary N) is 1. The minimum atomic E-state index is 0.339. The molecule has 0 aromatic carbocycles. The van der Waals surface area contributed by atoms with E-state index in [1.54, 1.807) is 0 Å². The summed E-state index contributed by atoms with van der Waals surface area (Å²) in [5.41, 5.74) is 0.339. The van der Waals surface area contributed by atoms with E-state index in [0.717, 1.165) is 32.7 Å². The van der Waals surface area contributed by atoms with E-state index in [9.17, 15) is 0 Å². The SMILES string of the molecule is CCCNCC(C)(C)CN1CC(C)OC(C)C1. The first-order valence-electron chi connectivity index (χ1n) is 7.01. The van der Waals surface area contributed by atoms with Crippen LogP contribution in [0, 0.1) is 5.41 Å². The van der Waals surface area contributed by atoms with Gasteiger partial charge >= 0.3 is 0 Å². The first-order chi connectivity index (χ1) is 7.93. The van der Waals surface area contributed by atoms with Crippen LogP contribution in [0.1, 0.15) is 41.0 Å². The molecule has 0 amide bonds. The number of hydrogen-bond acceptors (Lipinski definition) is 3. The molecule has 0 radical (unpaired) electrons. The topological polar surface area (TPSA) is 24.5 Å². The van der Waals surface area contributed by atoms with Crippen LogP contribution in [-0.2, 0) is 4.74 Å². The summed E-state index contributed by atoms with van der Waals surface area (Å²) in [6, 6.07) is 0. The van der Waals surface area contributed by atoms with Gasteiger partial charge in [-0.2, -0.15) is 0 Å². The van der Waals surface area contributed by atoms with Crippen LogP contribution < -0.4 is 5.32 Å². The van der Waals surface area contributed by atoms with Gasteiger partial charge < -0.3 is 10.1 Å². The predicted molar refractivity (Wildman–Crippen MR) is 73.4 cm³/mol. The van der Waals surface area contributed by atoms with Crippen LogP contribution in [-0.4, -0.2) is 49.8 Å². The predicted octanol–water partition coefficient (Wildman–Crippen LogP) is 2.12. The Balaban J connectivity index is 2.35. The maximum atomic E-state index is 5.77. The molecule has 1 heterocycles. The molecule has 1 saturated heterocycles. The van der Waals surface area contributed by atoms with Gasteiger partial charge in [0.1, 0.15) is 0 Å². The summed E-state index contributed by atoms with van der Waals surface area (Å²) in [5.74, 6) is 0. The molecule has 1 fully saturated rings. The lowest BCUT2D eigenvalue weighted by Crippen LogP contribution is -2.50. The summed E-state index contributed by atoms with van der Waals surface area (Å²) < 4.78 is 5.77. The second kappa shape index (κ2) is 6.72. The number of rotatable bonds is 6. The van der Waals surface area contributed by atoms with Gasteiger partial charge in [0.05, 0.1) is 12.2 Å². The Labute approximate surface area is 107 Å². The van der Waals surface area contributed by atoms with E-state index in [1.807, 2.05) is 0 Å². The molecule has 1 aliphatic heterocycles. The number of ether oxygens (including phenoxy) is 1. The second-order valence-corrected chi connectivity index (χ2v) is 6.29. The highest BCUT2D eigenvalue weighted by atomic mass is 16.5. The summed E-state index contributed by atoms with van der Waals surface area (Å²) in [5, 5.41) is 3.53. The van der Waals surface area contributed by atoms with E-state index in [4.69, 9.17) is 4.74 Å². The molecule has 1 N–H and O–H groups in total. The van der Waals surface area contributed by atoms with Gasteiger partial charge in [0.2, 0.25) is 0 Å². The highest BCUT2D eigenvalue weighted by Gasteiger charge is 2.27. The summed E-state index contributed by atoms with van der Waals surface area (Å²) in [6.45, 7) is 16.8. The molecular weight excluding hydrogens is 212 g/mol. The van der Waals surface area contributed by atoms with Gasteiger partial charge in [0.15, 0.2) is 0 Å². The second-order valence-electron chi connectivity index (χ2n) is 6.29. The van der Waals surface area contributed by atoms with Crippen molar-refractivity contribution in [2.45, 2.75) is 53.2 Å². The summed E-state index contributed by atoms with van der Waals surface area (Å²) >= 11 is 0. The zero-order valence-corrected chi connectivity index (χ0v) is 12.3. The van der Waals surface area contributed by atoms with E-state index in [2.05, 4.69) is 44.8 Å². The van der Waals surface area contributed by atoms with E-state index in [0.29, 0.717) is 17.6 Å². The Morgan fingerprint density at radius 3 is 2.35 bits per heavy atom. The Bertz CT molecular complexity index is 208. The quantitative estimate of drug-likeness (QED) is 0.722.